The fraction of sp³-hybridized carbons (Fsp3) is 0.500. The maximum atomic E-state index is 12.2. The average Bonchev–Trinajstić information content (AvgIpc) is 3.11. The highest BCUT2D eigenvalue weighted by molar-refractivity contribution is 5.90. The van der Waals surface area contributed by atoms with Gasteiger partial charge < -0.3 is 15.2 Å². The van der Waals surface area contributed by atoms with Gasteiger partial charge >= 0.3 is 0 Å². The Morgan fingerprint density at radius 2 is 1.96 bits per heavy atom. The van der Waals surface area contributed by atoms with E-state index in [-0.39, 0.29) is 17.9 Å². The zero-order chi connectivity index (χ0) is 19.2. The highest BCUT2D eigenvalue weighted by Gasteiger charge is 2.30. The van der Waals surface area contributed by atoms with Crippen LogP contribution in [0.2, 0.25) is 0 Å². The first-order valence-electron chi connectivity index (χ1n) is 9.48. The Morgan fingerprint density at radius 3 is 2.56 bits per heavy atom. The maximum absolute atomic E-state index is 12.2. The van der Waals surface area contributed by atoms with Gasteiger partial charge in [0.05, 0.1) is 11.7 Å². The molecule has 2 heterocycles. The lowest BCUT2D eigenvalue weighted by Crippen LogP contribution is -2.37. The van der Waals surface area contributed by atoms with Crippen LogP contribution >= 0.6 is 0 Å². The first kappa shape index (κ1) is 19.1. The fourth-order valence-corrected chi connectivity index (χ4v) is 3.84. The summed E-state index contributed by atoms with van der Waals surface area (Å²) in [5.41, 5.74) is 0.916. The maximum Gasteiger partial charge on any atom is 0.287 e. The van der Waals surface area contributed by atoms with Gasteiger partial charge in [0.25, 0.3) is 5.91 Å². The van der Waals surface area contributed by atoms with Crippen molar-refractivity contribution in [3.8, 4) is 0 Å². The van der Waals surface area contributed by atoms with E-state index in [1.165, 1.54) is 0 Å². The molecule has 2 N–H and O–H groups in total. The van der Waals surface area contributed by atoms with Gasteiger partial charge in [0.1, 0.15) is 0 Å². The molecular formula is C20H27N5O2. The van der Waals surface area contributed by atoms with Gasteiger partial charge in [-0.15, -0.1) is 0 Å². The number of aryl methyl sites for hydroxylation is 1. The number of nitrogens with one attached hydrogen (secondary N) is 2. The largest absolute Gasteiger partial charge is 0.349 e. The van der Waals surface area contributed by atoms with Crippen LogP contribution in [0, 0.1) is 11.8 Å². The Bertz CT molecular complexity index is 766. The molecule has 7 nitrogen and oxygen atoms in total. The van der Waals surface area contributed by atoms with E-state index in [0.717, 1.165) is 31.4 Å². The van der Waals surface area contributed by atoms with Crippen LogP contribution in [0.5, 0.6) is 0 Å². The molecule has 1 saturated carbocycles. The number of pyridine rings is 1. The molecule has 2 aromatic heterocycles. The number of rotatable bonds is 6. The standard InChI is InChI=1S/C20H27N5O2/c1-14(26)24-18(17-5-3-4-10-21-17)16-8-6-15(7-9-16)13-23-20(27)19-22-11-12-25(19)2/h3-5,10-12,15-16,18H,6-9,13H2,1-2H3,(H,23,27)(H,24,26)/t15?,16?,18-/m0/s1. The lowest BCUT2D eigenvalue weighted by atomic mass is 9.77. The van der Waals surface area contributed by atoms with Crippen LogP contribution in [-0.4, -0.2) is 32.9 Å². The van der Waals surface area contributed by atoms with Crippen LogP contribution in [0.3, 0.4) is 0 Å². The third-order valence-electron chi connectivity index (χ3n) is 5.30. The minimum absolute atomic E-state index is 0.0323. The van der Waals surface area contributed by atoms with Gasteiger partial charge in [0.2, 0.25) is 5.91 Å². The Hall–Kier alpha value is -2.70. The second kappa shape index (κ2) is 8.79. The second-order valence-corrected chi connectivity index (χ2v) is 7.29. The summed E-state index contributed by atoms with van der Waals surface area (Å²) >= 11 is 0. The molecule has 1 aliphatic carbocycles. The first-order valence-corrected chi connectivity index (χ1v) is 9.48. The molecule has 1 atom stereocenters. The molecular weight excluding hydrogens is 342 g/mol. The van der Waals surface area contributed by atoms with E-state index in [9.17, 15) is 9.59 Å². The Kier molecular flexibility index (Phi) is 6.21. The summed E-state index contributed by atoms with van der Waals surface area (Å²) in [7, 11) is 1.81. The van der Waals surface area contributed by atoms with Crippen molar-refractivity contribution in [1.29, 1.82) is 0 Å². The van der Waals surface area contributed by atoms with Gasteiger partial charge in [0, 0.05) is 39.1 Å². The lowest BCUT2D eigenvalue weighted by Gasteiger charge is -2.34. The molecule has 2 amide bonds. The Labute approximate surface area is 159 Å². The van der Waals surface area contributed by atoms with Gasteiger partial charge in [-0.05, 0) is 49.7 Å². The lowest BCUT2D eigenvalue weighted by molar-refractivity contribution is -0.120. The van der Waals surface area contributed by atoms with E-state index in [4.69, 9.17) is 0 Å². The zero-order valence-corrected chi connectivity index (χ0v) is 15.9. The normalized spacial score (nSPS) is 20.7. The Morgan fingerprint density at radius 1 is 1.19 bits per heavy atom. The summed E-state index contributed by atoms with van der Waals surface area (Å²) in [5, 5.41) is 6.07. The quantitative estimate of drug-likeness (QED) is 0.817. The zero-order valence-electron chi connectivity index (χ0n) is 15.9. The molecule has 3 rings (SSSR count). The summed E-state index contributed by atoms with van der Waals surface area (Å²) in [4.78, 5) is 32.4. The molecule has 0 unspecified atom stereocenters. The van der Waals surface area contributed by atoms with E-state index in [2.05, 4.69) is 20.6 Å². The van der Waals surface area contributed by atoms with Gasteiger partial charge in [-0.2, -0.15) is 0 Å². The van der Waals surface area contributed by atoms with Crippen molar-refractivity contribution in [3.63, 3.8) is 0 Å². The summed E-state index contributed by atoms with van der Waals surface area (Å²) in [5.74, 6) is 1.09. The number of carbonyl (C=O) groups is 2. The number of imidazole rings is 1. The molecule has 144 valence electrons. The van der Waals surface area contributed by atoms with Crippen LogP contribution < -0.4 is 10.6 Å². The number of aromatic nitrogens is 3. The molecule has 2 aromatic rings. The topological polar surface area (TPSA) is 88.9 Å². The smallest absolute Gasteiger partial charge is 0.287 e. The molecule has 1 aliphatic rings. The van der Waals surface area contributed by atoms with Crippen LogP contribution in [0.1, 0.15) is 55.0 Å². The summed E-state index contributed by atoms with van der Waals surface area (Å²) in [6, 6.07) is 5.76. The number of amides is 2. The molecule has 27 heavy (non-hydrogen) atoms. The number of hydrogen-bond acceptors (Lipinski definition) is 4. The van der Waals surface area contributed by atoms with E-state index in [1.807, 2.05) is 25.2 Å². The molecule has 1 fully saturated rings. The molecule has 0 spiro atoms. The molecule has 0 radical (unpaired) electrons. The summed E-state index contributed by atoms with van der Waals surface area (Å²) < 4.78 is 1.72. The van der Waals surface area contributed by atoms with Crippen molar-refractivity contribution < 1.29 is 9.59 Å². The molecule has 0 bridgehead atoms. The predicted octanol–water partition coefficient (Wildman–Crippen LogP) is 2.23. The molecule has 0 aromatic carbocycles. The molecule has 7 heteroatoms. The third kappa shape index (κ3) is 4.93. The van der Waals surface area contributed by atoms with Crippen molar-refractivity contribution in [2.24, 2.45) is 18.9 Å². The molecule has 0 aliphatic heterocycles. The van der Waals surface area contributed by atoms with Crippen LogP contribution in [0.15, 0.2) is 36.8 Å². The van der Waals surface area contributed by atoms with Crippen molar-refractivity contribution in [3.05, 3.63) is 48.3 Å². The summed E-state index contributed by atoms with van der Waals surface area (Å²) in [6.07, 6.45) is 9.21. The minimum Gasteiger partial charge on any atom is -0.349 e. The minimum atomic E-state index is -0.130. The van der Waals surface area contributed by atoms with E-state index in [1.54, 1.807) is 30.1 Å². The van der Waals surface area contributed by atoms with Gasteiger partial charge in [-0.1, -0.05) is 6.07 Å². The van der Waals surface area contributed by atoms with Gasteiger partial charge in [-0.3, -0.25) is 14.6 Å². The SMILES string of the molecule is CC(=O)N[C@H](c1ccccn1)C1CCC(CNC(=O)c2nccn2C)CC1. The second-order valence-electron chi connectivity index (χ2n) is 7.29. The average molecular weight is 369 g/mol. The van der Waals surface area contributed by atoms with Gasteiger partial charge in [-0.25, -0.2) is 4.98 Å². The predicted molar refractivity (Wildman–Crippen MR) is 102 cm³/mol. The fourth-order valence-electron chi connectivity index (χ4n) is 3.84. The van der Waals surface area contributed by atoms with Gasteiger partial charge in [0.15, 0.2) is 5.82 Å². The first-order chi connectivity index (χ1) is 13.0. The van der Waals surface area contributed by atoms with Crippen molar-refractivity contribution in [2.45, 2.75) is 38.6 Å². The number of carbonyl (C=O) groups excluding carboxylic acids is 2. The number of hydrogen-bond donors (Lipinski definition) is 2. The van der Waals surface area contributed by atoms with Crippen molar-refractivity contribution in [1.82, 2.24) is 25.2 Å². The van der Waals surface area contributed by atoms with E-state index in [0.29, 0.717) is 24.2 Å². The van der Waals surface area contributed by atoms with E-state index >= 15 is 0 Å². The molecule has 0 saturated heterocycles. The monoisotopic (exact) mass is 369 g/mol. The van der Waals surface area contributed by atoms with Crippen LogP contribution in [-0.2, 0) is 11.8 Å². The van der Waals surface area contributed by atoms with Crippen LogP contribution in [0.25, 0.3) is 0 Å². The Balaban J connectivity index is 1.53. The van der Waals surface area contributed by atoms with Crippen LogP contribution in [0.4, 0.5) is 0 Å². The van der Waals surface area contributed by atoms with Crippen molar-refractivity contribution in [2.75, 3.05) is 6.54 Å². The van der Waals surface area contributed by atoms with E-state index < -0.39 is 0 Å². The summed E-state index contributed by atoms with van der Waals surface area (Å²) in [6.45, 7) is 2.21. The highest BCUT2D eigenvalue weighted by Crippen LogP contribution is 2.36. The van der Waals surface area contributed by atoms with Crippen molar-refractivity contribution >= 4 is 11.8 Å². The highest BCUT2D eigenvalue weighted by atomic mass is 16.2. The third-order valence-corrected chi connectivity index (χ3v) is 5.30. The number of nitrogens with zero attached hydrogens (tertiary/aromatic N) is 3.